The second-order valence-electron chi connectivity index (χ2n) is 1.33. The quantitative estimate of drug-likeness (QED) is 0.404. The standard InChI is InChI=1S/C6H6N2O/c1-9-5-6(4-8)2-3-7/h5H,2H2,1H3/b6-5+. The molecule has 0 amide bonds. The molecule has 46 valence electrons. The lowest BCUT2D eigenvalue weighted by atomic mass is 10.2. The van der Waals surface area contributed by atoms with Gasteiger partial charge < -0.3 is 4.74 Å². The molecule has 0 aromatic carbocycles. The summed E-state index contributed by atoms with van der Waals surface area (Å²) >= 11 is 0. The fourth-order valence-electron chi connectivity index (χ4n) is 0.335. The van der Waals surface area contributed by atoms with E-state index in [4.69, 9.17) is 10.5 Å². The van der Waals surface area contributed by atoms with Crippen molar-refractivity contribution in [2.45, 2.75) is 6.42 Å². The van der Waals surface area contributed by atoms with Crippen molar-refractivity contribution < 1.29 is 4.74 Å². The van der Waals surface area contributed by atoms with Crippen molar-refractivity contribution in [1.29, 1.82) is 10.5 Å². The van der Waals surface area contributed by atoms with Gasteiger partial charge in [-0.25, -0.2) is 0 Å². The highest BCUT2D eigenvalue weighted by Crippen LogP contribution is 1.96. The molecule has 0 rings (SSSR count). The van der Waals surface area contributed by atoms with Crippen LogP contribution in [-0.4, -0.2) is 7.11 Å². The SMILES string of the molecule is CO/C=C(/C#N)CC#N. The molecule has 3 nitrogen and oxygen atoms in total. The summed E-state index contributed by atoms with van der Waals surface area (Å²) in [6, 6.07) is 3.65. The normalized spacial score (nSPS) is 9.44. The Kier molecular flexibility index (Phi) is 3.90. The smallest absolute Gasteiger partial charge is 0.0990 e. The largest absolute Gasteiger partial charge is 0.503 e. The van der Waals surface area contributed by atoms with Crippen molar-refractivity contribution in [3.8, 4) is 12.1 Å². The predicted octanol–water partition coefficient (Wildman–Crippen LogP) is 0.954. The van der Waals surface area contributed by atoms with Crippen LogP contribution in [0.1, 0.15) is 6.42 Å². The van der Waals surface area contributed by atoms with Gasteiger partial charge in [-0.1, -0.05) is 0 Å². The summed E-state index contributed by atoms with van der Waals surface area (Å²) in [5, 5.41) is 16.3. The Bertz CT molecular complexity index is 182. The van der Waals surface area contributed by atoms with Crippen LogP contribution in [-0.2, 0) is 4.74 Å². The molecule has 0 aromatic rings. The van der Waals surface area contributed by atoms with E-state index in [1.54, 1.807) is 0 Å². The molecular weight excluding hydrogens is 116 g/mol. The zero-order chi connectivity index (χ0) is 7.11. The molecule has 0 fully saturated rings. The Morgan fingerprint density at radius 1 is 1.67 bits per heavy atom. The maximum Gasteiger partial charge on any atom is 0.0990 e. The summed E-state index contributed by atoms with van der Waals surface area (Å²) in [6.07, 6.45) is 1.38. The number of nitrogens with zero attached hydrogens (tertiary/aromatic N) is 2. The summed E-state index contributed by atoms with van der Waals surface area (Å²) in [5.41, 5.74) is 0.347. The van der Waals surface area contributed by atoms with E-state index in [-0.39, 0.29) is 6.42 Å². The molecule has 0 unspecified atom stereocenters. The lowest BCUT2D eigenvalue weighted by Crippen LogP contribution is -1.77. The Labute approximate surface area is 53.8 Å². The molecule has 0 heterocycles. The van der Waals surface area contributed by atoms with Crippen LogP contribution in [0.4, 0.5) is 0 Å². The zero-order valence-corrected chi connectivity index (χ0v) is 5.09. The first-order chi connectivity index (χ1) is 4.35. The fraction of sp³-hybridized carbons (Fsp3) is 0.333. The van der Waals surface area contributed by atoms with E-state index < -0.39 is 0 Å². The summed E-state index contributed by atoms with van der Waals surface area (Å²) < 4.78 is 4.51. The fourth-order valence-corrected chi connectivity index (χ4v) is 0.335. The van der Waals surface area contributed by atoms with Gasteiger partial charge in [0.05, 0.1) is 37.5 Å². The third kappa shape index (κ3) is 3.13. The third-order valence-electron chi connectivity index (χ3n) is 0.673. The van der Waals surface area contributed by atoms with Gasteiger partial charge >= 0.3 is 0 Å². The van der Waals surface area contributed by atoms with Crippen LogP contribution in [0.25, 0.3) is 0 Å². The maximum atomic E-state index is 8.24. The molecule has 0 aromatic heterocycles. The molecule has 0 aliphatic heterocycles. The number of ether oxygens (including phenoxy) is 1. The van der Waals surface area contributed by atoms with Crippen LogP contribution < -0.4 is 0 Å². The number of methoxy groups -OCH3 is 1. The van der Waals surface area contributed by atoms with Crippen molar-refractivity contribution in [1.82, 2.24) is 0 Å². The number of nitriles is 2. The van der Waals surface area contributed by atoms with Crippen molar-refractivity contribution in [2.75, 3.05) is 7.11 Å². The highest BCUT2D eigenvalue weighted by molar-refractivity contribution is 5.21. The highest BCUT2D eigenvalue weighted by Gasteiger charge is 1.90. The van der Waals surface area contributed by atoms with Gasteiger partial charge in [0, 0.05) is 0 Å². The first-order valence-corrected chi connectivity index (χ1v) is 2.34. The zero-order valence-electron chi connectivity index (χ0n) is 5.09. The van der Waals surface area contributed by atoms with Crippen LogP contribution in [0.5, 0.6) is 0 Å². The molecule has 0 radical (unpaired) electrons. The van der Waals surface area contributed by atoms with Gasteiger partial charge in [0.25, 0.3) is 0 Å². The molecule has 0 N–H and O–H groups in total. The third-order valence-corrected chi connectivity index (χ3v) is 0.673. The topological polar surface area (TPSA) is 56.8 Å². The Hall–Kier alpha value is -1.48. The van der Waals surface area contributed by atoms with Gasteiger partial charge in [-0.05, 0) is 0 Å². The lowest BCUT2D eigenvalue weighted by Gasteiger charge is -1.86. The minimum Gasteiger partial charge on any atom is -0.503 e. The van der Waals surface area contributed by atoms with Crippen LogP contribution >= 0.6 is 0 Å². The molecule has 0 saturated carbocycles. The van der Waals surface area contributed by atoms with Crippen molar-refractivity contribution >= 4 is 0 Å². The first kappa shape index (κ1) is 7.52. The van der Waals surface area contributed by atoms with Gasteiger partial charge in [-0.3, -0.25) is 0 Å². The van der Waals surface area contributed by atoms with E-state index in [2.05, 4.69) is 4.74 Å². The number of rotatable bonds is 2. The van der Waals surface area contributed by atoms with E-state index in [1.165, 1.54) is 13.4 Å². The molecule has 0 atom stereocenters. The number of hydrogen-bond acceptors (Lipinski definition) is 3. The highest BCUT2D eigenvalue weighted by atomic mass is 16.5. The molecule has 0 aliphatic rings. The lowest BCUT2D eigenvalue weighted by molar-refractivity contribution is 0.335. The van der Waals surface area contributed by atoms with Gasteiger partial charge in [0.15, 0.2) is 0 Å². The molecule has 9 heavy (non-hydrogen) atoms. The first-order valence-electron chi connectivity index (χ1n) is 2.34. The van der Waals surface area contributed by atoms with Gasteiger partial charge in [-0.2, -0.15) is 10.5 Å². The minimum absolute atomic E-state index is 0.115. The van der Waals surface area contributed by atoms with E-state index in [9.17, 15) is 0 Å². The molecule has 0 bridgehead atoms. The summed E-state index contributed by atoms with van der Waals surface area (Å²) in [6.45, 7) is 0. The van der Waals surface area contributed by atoms with Gasteiger partial charge in [0.2, 0.25) is 0 Å². The van der Waals surface area contributed by atoms with E-state index in [0.717, 1.165) is 0 Å². The van der Waals surface area contributed by atoms with E-state index in [1.807, 2.05) is 12.1 Å². The number of hydrogen-bond donors (Lipinski definition) is 0. The van der Waals surface area contributed by atoms with Crippen LogP contribution in [0, 0.1) is 22.7 Å². The van der Waals surface area contributed by atoms with Gasteiger partial charge in [-0.15, -0.1) is 0 Å². The Morgan fingerprint density at radius 3 is 2.67 bits per heavy atom. The predicted molar refractivity (Wildman–Crippen MR) is 30.9 cm³/mol. The molecule has 0 aliphatic carbocycles. The number of allylic oxidation sites excluding steroid dienone is 1. The van der Waals surface area contributed by atoms with Gasteiger partial charge in [0.1, 0.15) is 0 Å². The van der Waals surface area contributed by atoms with Crippen molar-refractivity contribution in [3.63, 3.8) is 0 Å². The Morgan fingerprint density at radius 2 is 2.33 bits per heavy atom. The molecule has 0 saturated heterocycles. The average molecular weight is 122 g/mol. The summed E-state index contributed by atoms with van der Waals surface area (Å²) in [7, 11) is 1.44. The van der Waals surface area contributed by atoms with Crippen molar-refractivity contribution in [3.05, 3.63) is 11.8 Å². The van der Waals surface area contributed by atoms with Crippen LogP contribution in [0.2, 0.25) is 0 Å². The summed E-state index contributed by atoms with van der Waals surface area (Å²) in [4.78, 5) is 0. The molecule has 0 spiro atoms. The Balaban J connectivity index is 3.90. The molecule has 3 heteroatoms. The van der Waals surface area contributed by atoms with Crippen molar-refractivity contribution in [2.24, 2.45) is 0 Å². The van der Waals surface area contributed by atoms with E-state index >= 15 is 0 Å². The summed E-state index contributed by atoms with van der Waals surface area (Å²) in [5.74, 6) is 0. The average Bonchev–Trinajstić information content (AvgIpc) is 1.88. The van der Waals surface area contributed by atoms with Crippen LogP contribution in [0.15, 0.2) is 11.8 Å². The van der Waals surface area contributed by atoms with E-state index in [0.29, 0.717) is 5.57 Å². The minimum atomic E-state index is 0.115. The second-order valence-corrected chi connectivity index (χ2v) is 1.33. The molecular formula is C6H6N2O. The maximum absolute atomic E-state index is 8.24. The second kappa shape index (κ2) is 4.67. The van der Waals surface area contributed by atoms with Crippen LogP contribution in [0.3, 0.4) is 0 Å². The monoisotopic (exact) mass is 122 g/mol.